The molecule has 0 N–H and O–H groups in total. The van der Waals surface area contributed by atoms with Crippen molar-refractivity contribution in [1.29, 1.82) is 0 Å². The number of benzene rings is 2. The van der Waals surface area contributed by atoms with Crippen LogP contribution < -0.4 is 9.84 Å². The molecule has 0 aromatic heterocycles. The minimum Gasteiger partial charge on any atom is -0.872 e. The van der Waals surface area contributed by atoms with Crippen molar-refractivity contribution in [2.75, 3.05) is 0 Å². The van der Waals surface area contributed by atoms with E-state index < -0.39 is 0 Å². The van der Waals surface area contributed by atoms with Crippen molar-refractivity contribution in [3.63, 3.8) is 0 Å². The average Bonchev–Trinajstić information content (AvgIpc) is 3.48. The van der Waals surface area contributed by atoms with Crippen LogP contribution in [0.4, 0.5) is 0 Å². The van der Waals surface area contributed by atoms with Gasteiger partial charge < -0.3 is 9.84 Å². The monoisotopic (exact) mass is 436 g/mol. The van der Waals surface area contributed by atoms with Gasteiger partial charge >= 0.3 is 17.1 Å². The van der Waals surface area contributed by atoms with Gasteiger partial charge in [0.2, 0.25) is 0 Å². The predicted molar refractivity (Wildman–Crippen MR) is 118 cm³/mol. The summed E-state index contributed by atoms with van der Waals surface area (Å²) in [5.41, 5.74) is 3.72. The Morgan fingerprint density at radius 1 is 0.967 bits per heavy atom. The largest absolute Gasteiger partial charge is 2.00 e. The van der Waals surface area contributed by atoms with Crippen molar-refractivity contribution in [2.24, 2.45) is 0 Å². The van der Waals surface area contributed by atoms with Gasteiger partial charge in [0.05, 0.1) is 0 Å². The molecule has 0 fully saturated rings. The van der Waals surface area contributed by atoms with E-state index in [0.717, 1.165) is 16.7 Å². The first kappa shape index (κ1) is 23.2. The van der Waals surface area contributed by atoms with Gasteiger partial charge in [0.25, 0.3) is 0 Å². The molecular formula is C27H24FeO2. The maximum atomic E-state index is 12.6. The molecule has 0 radical (unpaired) electrons. The van der Waals surface area contributed by atoms with E-state index in [1.54, 1.807) is 6.08 Å². The van der Waals surface area contributed by atoms with E-state index in [1.807, 2.05) is 116 Å². The molecule has 3 heteroatoms. The van der Waals surface area contributed by atoms with Crippen molar-refractivity contribution < 1.29 is 26.9 Å². The second-order valence-corrected chi connectivity index (χ2v) is 6.65. The van der Waals surface area contributed by atoms with Crippen molar-refractivity contribution in [2.45, 2.75) is 13.5 Å². The number of rotatable bonds is 5. The SMILES string of the molecule is Cc1ccc(OCc2ccccc2)c(/C([O-])=C/C=C2C=CC=C2)c1.[Fe+2].c1cc[cH-]c1. The van der Waals surface area contributed by atoms with Crippen molar-refractivity contribution in [3.8, 4) is 5.75 Å². The molecule has 0 spiro atoms. The summed E-state index contributed by atoms with van der Waals surface area (Å²) in [4.78, 5) is 0. The second-order valence-electron chi connectivity index (χ2n) is 6.65. The van der Waals surface area contributed by atoms with Crippen LogP contribution in [0.2, 0.25) is 0 Å². The van der Waals surface area contributed by atoms with Crippen LogP contribution >= 0.6 is 0 Å². The molecule has 0 bridgehead atoms. The summed E-state index contributed by atoms with van der Waals surface area (Å²) in [5, 5.41) is 12.6. The topological polar surface area (TPSA) is 32.3 Å². The minimum atomic E-state index is -0.0528. The fourth-order valence-corrected chi connectivity index (χ4v) is 2.78. The summed E-state index contributed by atoms with van der Waals surface area (Å²) in [6.45, 7) is 2.41. The van der Waals surface area contributed by atoms with Crippen LogP contribution in [0.5, 0.6) is 5.75 Å². The van der Waals surface area contributed by atoms with Gasteiger partial charge in [0.1, 0.15) is 12.4 Å². The Morgan fingerprint density at radius 2 is 1.67 bits per heavy atom. The predicted octanol–water partition coefficient (Wildman–Crippen LogP) is 5.73. The van der Waals surface area contributed by atoms with Gasteiger partial charge in [-0.1, -0.05) is 84.2 Å². The molecule has 0 heterocycles. The summed E-state index contributed by atoms with van der Waals surface area (Å²) < 4.78 is 5.88. The number of aryl methyl sites for hydroxylation is 1. The van der Waals surface area contributed by atoms with Crippen LogP contribution in [-0.2, 0) is 23.7 Å². The van der Waals surface area contributed by atoms with Crippen molar-refractivity contribution >= 4 is 5.76 Å². The van der Waals surface area contributed by atoms with Crippen LogP contribution in [0.25, 0.3) is 5.76 Å². The molecule has 0 amide bonds. The minimum absolute atomic E-state index is 0. The average molecular weight is 436 g/mol. The maximum absolute atomic E-state index is 12.6. The number of ether oxygens (including phenoxy) is 1. The van der Waals surface area contributed by atoms with E-state index in [2.05, 4.69) is 0 Å². The van der Waals surface area contributed by atoms with Crippen LogP contribution in [-0.4, -0.2) is 0 Å². The Bertz CT molecular complexity index is 979. The first-order valence-electron chi connectivity index (χ1n) is 9.60. The first-order chi connectivity index (χ1) is 14.2. The molecular weight excluding hydrogens is 412 g/mol. The summed E-state index contributed by atoms with van der Waals surface area (Å²) in [6.07, 6.45) is 11.3. The van der Waals surface area contributed by atoms with Crippen molar-refractivity contribution in [1.82, 2.24) is 0 Å². The summed E-state index contributed by atoms with van der Waals surface area (Å²) >= 11 is 0. The van der Waals surface area contributed by atoms with Gasteiger partial charge in [-0.15, -0.1) is 0 Å². The number of allylic oxidation sites excluding steroid dienone is 7. The van der Waals surface area contributed by atoms with Crippen LogP contribution in [0.15, 0.2) is 121 Å². The van der Waals surface area contributed by atoms with E-state index in [4.69, 9.17) is 4.74 Å². The molecule has 0 saturated carbocycles. The summed E-state index contributed by atoms with van der Waals surface area (Å²) in [5.74, 6) is 0.560. The molecule has 4 rings (SSSR count). The third-order valence-corrected chi connectivity index (χ3v) is 4.31. The van der Waals surface area contributed by atoms with Gasteiger partial charge in [-0.2, -0.15) is 18.2 Å². The molecule has 30 heavy (non-hydrogen) atoms. The Labute approximate surface area is 189 Å². The quantitative estimate of drug-likeness (QED) is 0.291. The first-order valence-corrected chi connectivity index (χ1v) is 9.60. The molecule has 3 aromatic rings. The zero-order valence-electron chi connectivity index (χ0n) is 16.8. The third kappa shape index (κ3) is 7.36. The van der Waals surface area contributed by atoms with E-state index in [9.17, 15) is 5.11 Å². The Balaban J connectivity index is 0.000000468. The van der Waals surface area contributed by atoms with Gasteiger partial charge in [-0.25, -0.2) is 12.1 Å². The molecule has 0 aliphatic heterocycles. The molecule has 0 unspecified atom stereocenters. The molecule has 1 aliphatic rings. The van der Waals surface area contributed by atoms with Crippen LogP contribution in [0.1, 0.15) is 16.7 Å². The Kier molecular flexibility index (Phi) is 9.60. The van der Waals surface area contributed by atoms with E-state index in [-0.39, 0.29) is 22.8 Å². The zero-order valence-corrected chi connectivity index (χ0v) is 18.0. The molecule has 0 saturated heterocycles. The number of hydrogen-bond donors (Lipinski definition) is 0. The van der Waals surface area contributed by atoms with Crippen LogP contribution in [0.3, 0.4) is 0 Å². The van der Waals surface area contributed by atoms with E-state index in [1.165, 1.54) is 0 Å². The number of hydrogen-bond acceptors (Lipinski definition) is 2. The normalized spacial score (nSPS) is 12.0. The third-order valence-electron chi connectivity index (χ3n) is 4.31. The van der Waals surface area contributed by atoms with E-state index in [0.29, 0.717) is 17.9 Å². The van der Waals surface area contributed by atoms with Crippen molar-refractivity contribution in [3.05, 3.63) is 138 Å². The molecule has 1 aliphatic carbocycles. The maximum Gasteiger partial charge on any atom is 2.00 e. The fourth-order valence-electron chi connectivity index (χ4n) is 2.78. The van der Waals surface area contributed by atoms with Gasteiger partial charge in [-0.05, 0) is 30.2 Å². The fraction of sp³-hybridized carbons (Fsp3) is 0.0741. The molecule has 0 atom stereocenters. The smallest absolute Gasteiger partial charge is 0.872 e. The molecule has 2 nitrogen and oxygen atoms in total. The molecule has 3 aromatic carbocycles. The van der Waals surface area contributed by atoms with Gasteiger partial charge in [0, 0.05) is 5.56 Å². The summed E-state index contributed by atoms with van der Waals surface area (Å²) in [6, 6.07) is 25.6. The van der Waals surface area contributed by atoms with Crippen LogP contribution in [0, 0.1) is 6.92 Å². The second kappa shape index (κ2) is 12.4. The standard InChI is InChI=1S/C22H20O2.C5H5.Fe/c1-17-11-14-22(24-16-19-9-3-2-4-10-19)20(15-17)21(23)13-12-18-7-5-6-8-18;1-2-4-5-3-1;/h2-15,23H,16H2,1H3;1-5H;/q;-1;+2/p-1/b21-13-;;. The summed E-state index contributed by atoms with van der Waals surface area (Å²) in [7, 11) is 0. The molecule has 152 valence electrons. The van der Waals surface area contributed by atoms with Gasteiger partial charge in [-0.3, -0.25) is 0 Å². The van der Waals surface area contributed by atoms with Gasteiger partial charge in [0.15, 0.2) is 0 Å². The zero-order chi connectivity index (χ0) is 20.3. The Morgan fingerprint density at radius 3 is 2.30 bits per heavy atom. The Hall–Kier alpha value is -3.13. The van der Waals surface area contributed by atoms with E-state index >= 15 is 0 Å².